The van der Waals surface area contributed by atoms with E-state index in [0.29, 0.717) is 11.1 Å². The molecule has 2 nitrogen and oxygen atoms in total. The van der Waals surface area contributed by atoms with Crippen molar-refractivity contribution >= 4 is 17.3 Å². The van der Waals surface area contributed by atoms with Crippen molar-refractivity contribution in [1.29, 1.82) is 0 Å². The zero-order valence-electron chi connectivity index (χ0n) is 11.9. The van der Waals surface area contributed by atoms with Gasteiger partial charge in [0.25, 0.3) is 0 Å². The molecule has 2 rings (SSSR count). The first-order valence-corrected chi connectivity index (χ1v) is 7.21. The lowest BCUT2D eigenvalue weighted by Crippen LogP contribution is -2.16. The largest absolute Gasteiger partial charge is 0.495 e. The third kappa shape index (κ3) is 4.17. The molecule has 106 valence electrons. The highest BCUT2D eigenvalue weighted by Gasteiger charge is 2.08. The highest BCUT2D eigenvalue weighted by atomic mass is 35.5. The van der Waals surface area contributed by atoms with Gasteiger partial charge in [0, 0.05) is 11.1 Å². The van der Waals surface area contributed by atoms with Gasteiger partial charge >= 0.3 is 0 Å². The summed E-state index contributed by atoms with van der Waals surface area (Å²) in [5, 5.41) is 4.17. The van der Waals surface area contributed by atoms with Crippen molar-refractivity contribution in [3.8, 4) is 5.75 Å². The van der Waals surface area contributed by atoms with Crippen molar-refractivity contribution in [3.05, 3.63) is 59.1 Å². The topological polar surface area (TPSA) is 21.3 Å². The van der Waals surface area contributed by atoms with Gasteiger partial charge in [0.1, 0.15) is 5.75 Å². The fraction of sp³-hybridized carbons (Fsp3) is 0.294. The Hall–Kier alpha value is -1.67. The predicted molar refractivity (Wildman–Crippen MR) is 85.9 cm³/mol. The van der Waals surface area contributed by atoms with E-state index in [1.807, 2.05) is 24.3 Å². The zero-order valence-corrected chi connectivity index (χ0v) is 12.7. The summed E-state index contributed by atoms with van der Waals surface area (Å²) in [5.41, 5.74) is 2.31. The molecular weight excluding hydrogens is 270 g/mol. The molecule has 1 N–H and O–H groups in total. The van der Waals surface area contributed by atoms with Crippen LogP contribution in [0.15, 0.2) is 48.5 Å². The Morgan fingerprint density at radius 2 is 1.90 bits per heavy atom. The normalized spacial score (nSPS) is 11.9. The van der Waals surface area contributed by atoms with Crippen molar-refractivity contribution in [1.82, 2.24) is 0 Å². The van der Waals surface area contributed by atoms with E-state index < -0.39 is 0 Å². The molecule has 2 aromatic carbocycles. The highest BCUT2D eigenvalue weighted by molar-refractivity contribution is 6.30. The van der Waals surface area contributed by atoms with Crippen LogP contribution in [0.1, 0.15) is 18.9 Å². The van der Waals surface area contributed by atoms with Gasteiger partial charge in [-0.1, -0.05) is 41.9 Å². The number of benzene rings is 2. The Bertz CT molecular complexity index is 542. The van der Waals surface area contributed by atoms with Crippen LogP contribution >= 0.6 is 11.6 Å². The molecule has 0 radical (unpaired) electrons. The molecule has 0 heterocycles. The molecule has 0 spiro atoms. The van der Waals surface area contributed by atoms with Gasteiger partial charge in [-0.3, -0.25) is 0 Å². The number of anilines is 1. The van der Waals surface area contributed by atoms with Crippen LogP contribution in [-0.2, 0) is 6.42 Å². The molecule has 0 aromatic heterocycles. The first-order valence-electron chi connectivity index (χ1n) is 6.83. The van der Waals surface area contributed by atoms with Crippen molar-refractivity contribution in [3.63, 3.8) is 0 Å². The third-order valence-corrected chi connectivity index (χ3v) is 3.51. The highest BCUT2D eigenvalue weighted by Crippen LogP contribution is 2.28. The predicted octanol–water partition coefficient (Wildman–Crippen LogP) is 4.78. The number of nitrogens with one attached hydrogen (secondary N) is 1. The first kappa shape index (κ1) is 14.7. The standard InChI is InChI=1S/C17H20ClNO/c1-13(8-9-14-6-4-3-5-7-14)19-16-12-15(18)10-11-17(16)20-2/h3-7,10-13,19H,8-9H2,1-2H3. The summed E-state index contributed by atoms with van der Waals surface area (Å²) in [7, 11) is 1.67. The van der Waals surface area contributed by atoms with E-state index in [0.717, 1.165) is 24.3 Å². The lowest BCUT2D eigenvalue weighted by atomic mass is 10.1. The van der Waals surface area contributed by atoms with E-state index in [-0.39, 0.29) is 0 Å². The molecular formula is C17H20ClNO. The summed E-state index contributed by atoms with van der Waals surface area (Å²) in [5.74, 6) is 0.820. The number of aryl methyl sites for hydroxylation is 1. The lowest BCUT2D eigenvalue weighted by molar-refractivity contribution is 0.416. The van der Waals surface area contributed by atoms with Crippen molar-refractivity contribution in [2.24, 2.45) is 0 Å². The lowest BCUT2D eigenvalue weighted by Gasteiger charge is -2.17. The maximum atomic E-state index is 6.03. The van der Waals surface area contributed by atoms with Gasteiger partial charge in [-0.15, -0.1) is 0 Å². The van der Waals surface area contributed by atoms with Crippen LogP contribution < -0.4 is 10.1 Å². The average Bonchev–Trinajstić information content (AvgIpc) is 2.46. The van der Waals surface area contributed by atoms with Gasteiger partial charge in [0.2, 0.25) is 0 Å². The fourth-order valence-electron chi connectivity index (χ4n) is 2.16. The Balaban J connectivity index is 1.94. The second kappa shape index (κ2) is 7.20. The molecule has 0 aliphatic carbocycles. The monoisotopic (exact) mass is 289 g/mol. The van der Waals surface area contributed by atoms with Crippen LogP contribution in [0.2, 0.25) is 5.02 Å². The zero-order chi connectivity index (χ0) is 14.4. The Morgan fingerprint density at radius 1 is 1.15 bits per heavy atom. The van der Waals surface area contributed by atoms with Crippen LogP contribution in [0.3, 0.4) is 0 Å². The molecule has 0 saturated carbocycles. The van der Waals surface area contributed by atoms with Crippen molar-refractivity contribution < 1.29 is 4.74 Å². The smallest absolute Gasteiger partial charge is 0.142 e. The Labute approximate surface area is 125 Å². The van der Waals surface area contributed by atoms with E-state index in [4.69, 9.17) is 16.3 Å². The van der Waals surface area contributed by atoms with Crippen LogP contribution in [0.4, 0.5) is 5.69 Å². The second-order valence-electron chi connectivity index (χ2n) is 4.91. The van der Waals surface area contributed by atoms with Crippen molar-refractivity contribution in [2.45, 2.75) is 25.8 Å². The Kier molecular flexibility index (Phi) is 5.31. The maximum Gasteiger partial charge on any atom is 0.142 e. The number of rotatable bonds is 6. The summed E-state index contributed by atoms with van der Waals surface area (Å²) in [6.07, 6.45) is 2.11. The van der Waals surface area contributed by atoms with Gasteiger partial charge in [-0.25, -0.2) is 0 Å². The van der Waals surface area contributed by atoms with E-state index in [9.17, 15) is 0 Å². The van der Waals surface area contributed by atoms with E-state index >= 15 is 0 Å². The summed E-state index contributed by atoms with van der Waals surface area (Å²) in [4.78, 5) is 0. The van der Waals surface area contributed by atoms with Crippen LogP contribution in [0.25, 0.3) is 0 Å². The minimum Gasteiger partial charge on any atom is -0.495 e. The van der Waals surface area contributed by atoms with Gasteiger partial charge in [-0.2, -0.15) is 0 Å². The number of methoxy groups -OCH3 is 1. The minimum absolute atomic E-state index is 0.350. The van der Waals surface area contributed by atoms with Gasteiger partial charge in [0.15, 0.2) is 0 Å². The average molecular weight is 290 g/mol. The molecule has 0 bridgehead atoms. The summed E-state index contributed by atoms with van der Waals surface area (Å²) < 4.78 is 5.34. The minimum atomic E-state index is 0.350. The molecule has 0 amide bonds. The molecule has 0 fully saturated rings. The van der Waals surface area contributed by atoms with Gasteiger partial charge in [-0.05, 0) is 43.5 Å². The molecule has 0 aliphatic heterocycles. The first-order chi connectivity index (χ1) is 9.69. The summed E-state index contributed by atoms with van der Waals surface area (Å²) in [6, 6.07) is 16.5. The van der Waals surface area contributed by atoms with Crippen LogP contribution in [0, 0.1) is 0 Å². The quantitative estimate of drug-likeness (QED) is 0.826. The summed E-state index contributed by atoms with van der Waals surface area (Å²) >= 11 is 6.03. The molecule has 0 aliphatic rings. The van der Waals surface area contributed by atoms with Crippen LogP contribution in [-0.4, -0.2) is 13.2 Å². The maximum absolute atomic E-state index is 6.03. The molecule has 3 heteroatoms. The van der Waals surface area contributed by atoms with E-state index in [1.54, 1.807) is 7.11 Å². The number of hydrogen-bond acceptors (Lipinski definition) is 2. The van der Waals surface area contributed by atoms with Gasteiger partial charge < -0.3 is 10.1 Å². The van der Waals surface area contributed by atoms with Gasteiger partial charge in [0.05, 0.1) is 12.8 Å². The molecule has 1 unspecified atom stereocenters. The van der Waals surface area contributed by atoms with Crippen molar-refractivity contribution in [2.75, 3.05) is 12.4 Å². The summed E-state index contributed by atoms with van der Waals surface area (Å²) in [6.45, 7) is 2.17. The van der Waals surface area contributed by atoms with E-state index in [2.05, 4.69) is 36.5 Å². The Morgan fingerprint density at radius 3 is 2.60 bits per heavy atom. The van der Waals surface area contributed by atoms with Crippen LogP contribution in [0.5, 0.6) is 5.75 Å². The number of ether oxygens (including phenoxy) is 1. The number of halogens is 1. The van der Waals surface area contributed by atoms with E-state index in [1.165, 1.54) is 5.56 Å². The molecule has 2 aromatic rings. The molecule has 1 atom stereocenters. The fourth-order valence-corrected chi connectivity index (χ4v) is 2.33. The third-order valence-electron chi connectivity index (χ3n) is 3.27. The molecule has 20 heavy (non-hydrogen) atoms. The second-order valence-corrected chi connectivity index (χ2v) is 5.35. The molecule has 0 saturated heterocycles. The number of hydrogen-bond donors (Lipinski definition) is 1. The SMILES string of the molecule is COc1ccc(Cl)cc1NC(C)CCc1ccccc1.